The number of aryl methyl sites for hydroxylation is 1. The Bertz CT molecular complexity index is 1290. The summed E-state index contributed by atoms with van der Waals surface area (Å²) in [6.45, 7) is 10.2. The number of aromatic nitrogens is 1. The van der Waals surface area contributed by atoms with Crippen molar-refractivity contribution < 1.29 is 9.26 Å². The van der Waals surface area contributed by atoms with Gasteiger partial charge in [0.25, 0.3) is 0 Å². The molecule has 34 heavy (non-hydrogen) atoms. The summed E-state index contributed by atoms with van der Waals surface area (Å²) in [6.07, 6.45) is 1.68. The highest BCUT2D eigenvalue weighted by atomic mass is 35.5. The standard InChI is InChI=1S/C28H26Cl2N2O2/c1-5-31-25-15-20(10-9-18(25)4)19-11-13-21(14-12-19)33-16-22-27(32-34-28(22)17(2)3)26-23(29)7-6-8-24(26)30/h5-15,17,31H,1,16H2,2-4H3. The van der Waals surface area contributed by atoms with Gasteiger partial charge < -0.3 is 14.6 Å². The van der Waals surface area contributed by atoms with E-state index in [0.29, 0.717) is 21.3 Å². The van der Waals surface area contributed by atoms with Crippen LogP contribution < -0.4 is 10.1 Å². The van der Waals surface area contributed by atoms with Crippen LogP contribution in [-0.4, -0.2) is 5.16 Å². The molecule has 4 rings (SSSR count). The fourth-order valence-corrected chi connectivity index (χ4v) is 4.38. The topological polar surface area (TPSA) is 47.3 Å². The van der Waals surface area contributed by atoms with Crippen molar-refractivity contribution in [2.75, 3.05) is 5.32 Å². The van der Waals surface area contributed by atoms with Gasteiger partial charge >= 0.3 is 0 Å². The zero-order valence-corrected chi connectivity index (χ0v) is 20.9. The van der Waals surface area contributed by atoms with Gasteiger partial charge in [0.2, 0.25) is 0 Å². The van der Waals surface area contributed by atoms with Crippen molar-refractivity contribution in [2.24, 2.45) is 0 Å². The molecule has 0 unspecified atom stereocenters. The van der Waals surface area contributed by atoms with E-state index < -0.39 is 0 Å². The lowest BCUT2D eigenvalue weighted by Gasteiger charge is -2.12. The molecule has 0 bridgehead atoms. The Balaban J connectivity index is 1.58. The van der Waals surface area contributed by atoms with Gasteiger partial charge in [0.05, 0.1) is 15.6 Å². The van der Waals surface area contributed by atoms with Crippen molar-refractivity contribution in [2.45, 2.75) is 33.3 Å². The van der Waals surface area contributed by atoms with Crippen molar-refractivity contribution in [3.63, 3.8) is 0 Å². The van der Waals surface area contributed by atoms with Crippen molar-refractivity contribution in [3.8, 4) is 28.1 Å². The first-order valence-electron chi connectivity index (χ1n) is 11.0. The van der Waals surface area contributed by atoms with Gasteiger partial charge in [-0.2, -0.15) is 0 Å². The third-order valence-corrected chi connectivity index (χ3v) is 6.24. The number of hydrogen-bond donors (Lipinski definition) is 1. The third kappa shape index (κ3) is 4.98. The first kappa shape index (κ1) is 23.9. The Hall–Kier alpha value is -3.21. The Morgan fingerprint density at radius 1 is 1.03 bits per heavy atom. The number of ether oxygens (including phenoxy) is 1. The average Bonchev–Trinajstić information content (AvgIpc) is 3.23. The van der Waals surface area contributed by atoms with Crippen LogP contribution >= 0.6 is 23.2 Å². The van der Waals surface area contributed by atoms with Gasteiger partial charge in [0.1, 0.15) is 23.8 Å². The second-order valence-corrected chi connectivity index (χ2v) is 9.13. The number of hydrogen-bond acceptors (Lipinski definition) is 4. The van der Waals surface area contributed by atoms with Crippen LogP contribution in [0.1, 0.15) is 36.7 Å². The number of nitrogens with one attached hydrogen (secondary N) is 1. The van der Waals surface area contributed by atoms with Crippen molar-refractivity contribution in [3.05, 3.63) is 100 Å². The van der Waals surface area contributed by atoms with Crippen LogP contribution in [0.15, 0.2) is 78.0 Å². The zero-order chi connectivity index (χ0) is 24.2. The predicted molar refractivity (Wildman–Crippen MR) is 141 cm³/mol. The van der Waals surface area contributed by atoms with Gasteiger partial charge in [-0.3, -0.25) is 0 Å². The molecule has 4 aromatic rings. The molecule has 0 aliphatic rings. The second kappa shape index (κ2) is 10.4. The summed E-state index contributed by atoms with van der Waals surface area (Å²) in [5.74, 6) is 1.63. The monoisotopic (exact) mass is 492 g/mol. The van der Waals surface area contributed by atoms with Gasteiger partial charge in [-0.1, -0.05) is 79.1 Å². The molecule has 0 saturated heterocycles. The molecule has 4 nitrogen and oxygen atoms in total. The van der Waals surface area contributed by atoms with Gasteiger partial charge in [-0.25, -0.2) is 0 Å². The molecule has 1 N–H and O–H groups in total. The summed E-state index contributed by atoms with van der Waals surface area (Å²) >= 11 is 12.9. The quantitative estimate of drug-likeness (QED) is 0.266. The van der Waals surface area contributed by atoms with Crippen LogP contribution in [0.3, 0.4) is 0 Å². The van der Waals surface area contributed by atoms with E-state index in [4.69, 9.17) is 32.5 Å². The number of anilines is 1. The first-order valence-corrected chi connectivity index (χ1v) is 11.8. The lowest BCUT2D eigenvalue weighted by atomic mass is 10.0. The zero-order valence-electron chi connectivity index (χ0n) is 19.4. The summed E-state index contributed by atoms with van der Waals surface area (Å²) in [5.41, 5.74) is 6.50. The van der Waals surface area contributed by atoms with E-state index in [2.05, 4.69) is 42.2 Å². The molecule has 0 saturated carbocycles. The lowest BCUT2D eigenvalue weighted by Crippen LogP contribution is -2.01. The van der Waals surface area contributed by atoms with Crippen LogP contribution in [-0.2, 0) is 6.61 Å². The van der Waals surface area contributed by atoms with E-state index >= 15 is 0 Å². The van der Waals surface area contributed by atoms with Crippen LogP contribution in [0.5, 0.6) is 5.75 Å². The highest BCUT2D eigenvalue weighted by molar-refractivity contribution is 6.39. The van der Waals surface area contributed by atoms with E-state index in [-0.39, 0.29) is 12.5 Å². The molecule has 1 heterocycles. The van der Waals surface area contributed by atoms with Crippen molar-refractivity contribution >= 4 is 28.9 Å². The third-order valence-electron chi connectivity index (χ3n) is 5.61. The predicted octanol–water partition coefficient (Wildman–Crippen LogP) is 8.88. The number of rotatable bonds is 8. The molecule has 6 heteroatoms. The molecule has 3 aromatic carbocycles. The molecule has 0 spiro atoms. The normalized spacial score (nSPS) is 11.0. The minimum atomic E-state index is 0.128. The maximum absolute atomic E-state index is 6.44. The van der Waals surface area contributed by atoms with E-state index in [1.807, 2.05) is 38.1 Å². The Morgan fingerprint density at radius 3 is 2.35 bits per heavy atom. The Kier molecular flexibility index (Phi) is 7.30. The van der Waals surface area contributed by atoms with Crippen molar-refractivity contribution in [1.82, 2.24) is 5.16 Å². The maximum atomic E-state index is 6.44. The van der Waals surface area contributed by atoms with Crippen LogP contribution in [0.4, 0.5) is 5.69 Å². The van der Waals surface area contributed by atoms with Crippen LogP contribution in [0.2, 0.25) is 10.0 Å². The van der Waals surface area contributed by atoms with Gasteiger partial charge in [0, 0.05) is 17.2 Å². The molecular weight excluding hydrogens is 467 g/mol. The molecule has 0 atom stereocenters. The molecular formula is C28H26Cl2N2O2. The van der Waals surface area contributed by atoms with Gasteiger partial charge in [0.15, 0.2) is 0 Å². The molecule has 1 aromatic heterocycles. The van der Waals surface area contributed by atoms with Crippen LogP contribution in [0.25, 0.3) is 22.4 Å². The summed E-state index contributed by atoms with van der Waals surface area (Å²) < 4.78 is 11.8. The molecule has 0 aliphatic heterocycles. The average molecular weight is 493 g/mol. The highest BCUT2D eigenvalue weighted by Gasteiger charge is 2.23. The minimum Gasteiger partial charge on any atom is -0.489 e. The van der Waals surface area contributed by atoms with Crippen molar-refractivity contribution in [1.29, 1.82) is 0 Å². The molecule has 0 radical (unpaired) electrons. The largest absolute Gasteiger partial charge is 0.489 e. The van der Waals surface area contributed by atoms with E-state index in [9.17, 15) is 0 Å². The summed E-state index contributed by atoms with van der Waals surface area (Å²) in [6, 6.07) is 19.7. The number of nitrogens with zero attached hydrogens (tertiary/aromatic N) is 1. The Morgan fingerprint density at radius 2 is 1.71 bits per heavy atom. The number of benzene rings is 3. The highest BCUT2D eigenvalue weighted by Crippen LogP contribution is 2.39. The smallest absolute Gasteiger partial charge is 0.146 e. The molecule has 0 aliphatic carbocycles. The summed E-state index contributed by atoms with van der Waals surface area (Å²) in [7, 11) is 0. The van der Waals surface area contributed by atoms with E-state index in [1.54, 1.807) is 24.4 Å². The first-order chi connectivity index (χ1) is 16.4. The summed E-state index contributed by atoms with van der Waals surface area (Å²) in [5, 5.41) is 8.51. The fourth-order valence-electron chi connectivity index (χ4n) is 3.80. The lowest BCUT2D eigenvalue weighted by molar-refractivity contribution is 0.298. The van der Waals surface area contributed by atoms with Crippen LogP contribution in [0, 0.1) is 6.92 Å². The SMILES string of the molecule is C=CNc1cc(-c2ccc(OCc3c(-c4c(Cl)cccc4Cl)noc3C(C)C)cc2)ccc1C. The second-order valence-electron chi connectivity index (χ2n) is 8.32. The molecule has 0 amide bonds. The van der Waals surface area contributed by atoms with E-state index in [1.165, 1.54) is 0 Å². The molecule has 0 fully saturated rings. The van der Waals surface area contributed by atoms with Gasteiger partial charge in [-0.05, 0) is 60.1 Å². The minimum absolute atomic E-state index is 0.128. The molecule has 174 valence electrons. The number of halogens is 2. The van der Waals surface area contributed by atoms with E-state index in [0.717, 1.165) is 39.5 Å². The Labute approximate surface area is 210 Å². The maximum Gasteiger partial charge on any atom is 0.146 e. The summed E-state index contributed by atoms with van der Waals surface area (Å²) in [4.78, 5) is 0. The van der Waals surface area contributed by atoms with Gasteiger partial charge in [-0.15, -0.1) is 0 Å². The fraction of sp³-hybridized carbons (Fsp3) is 0.179.